The maximum atomic E-state index is 16.1. The third-order valence-electron chi connectivity index (χ3n) is 11.9. The van der Waals surface area contributed by atoms with E-state index in [1.165, 1.54) is 0 Å². The van der Waals surface area contributed by atoms with Crippen LogP contribution in [0.15, 0.2) is 238 Å². The van der Waals surface area contributed by atoms with Crippen molar-refractivity contribution >= 4 is 93.8 Å². The first-order valence-electron chi connectivity index (χ1n) is 22.8. The van der Waals surface area contributed by atoms with E-state index in [1.807, 2.05) is 109 Å². The van der Waals surface area contributed by atoms with Crippen LogP contribution in [0.2, 0.25) is 0 Å². The molecule has 9 aromatic carbocycles. The Morgan fingerprint density at radius 2 is 0.563 bits per heavy atom. The van der Waals surface area contributed by atoms with Crippen LogP contribution in [0.25, 0.3) is 32.3 Å². The molecule has 9 aromatic rings. The lowest BCUT2D eigenvalue weighted by Crippen LogP contribution is -2.26. The van der Waals surface area contributed by atoms with Crippen molar-refractivity contribution in [2.45, 2.75) is 0 Å². The molecule has 0 aliphatic carbocycles. The van der Waals surface area contributed by atoms with Crippen molar-refractivity contribution in [2.24, 2.45) is 0 Å². The minimum Gasteiger partial charge on any atom is -0.430 e. The lowest BCUT2D eigenvalue weighted by atomic mass is 10.1. The molecule has 3 atom stereocenters. The third kappa shape index (κ3) is 10.6. The Hall–Kier alpha value is -6.82. The fraction of sp³-hybridized carbons (Fsp3) is 0.0526. The Balaban J connectivity index is 1.07. The lowest BCUT2D eigenvalue weighted by molar-refractivity contribution is 0.480. The SMILES string of the molecule is C=CCNP(=O)(Oc1ccc(P(=O)(c2ccc(OP(=O)(NCC=C)c3ccc4ccccc4c3)cc2)c2ccc(OP(=O)(NCC=C)c3ccc4ccccc4c3)cc2)cc1)c1ccc2ccccc2c1. The molecule has 0 bridgehead atoms. The molecular weight excluding hydrogens is 963 g/mol. The standard InChI is InChI=1S/C57H51N3O7P4/c1-4-37-58-69(62,55-28-19-43-13-7-10-16-46(43)40-55)65-49-22-31-52(32-23-49)68(61,53-33-24-50(25-34-53)66-70(63,59-38-5-2)56-29-20-44-14-8-11-17-47(44)41-56)54-35-26-51(27-36-54)67-71(64,60-39-6-3)57-30-21-45-15-9-12-18-48(45)42-57/h4-36,40-42H,1-3,37-39H2,(H,58,62)(H,59,63)(H,60,64). The molecule has 0 aromatic heterocycles. The van der Waals surface area contributed by atoms with Crippen LogP contribution in [0, 0.1) is 0 Å². The van der Waals surface area contributed by atoms with Gasteiger partial charge in [0.05, 0.1) is 15.9 Å². The first kappa shape index (κ1) is 49.2. The van der Waals surface area contributed by atoms with Gasteiger partial charge in [-0.3, -0.25) is 13.7 Å². The van der Waals surface area contributed by atoms with Gasteiger partial charge in [-0.1, -0.05) is 109 Å². The molecule has 0 aliphatic rings. The second kappa shape index (κ2) is 21.3. The van der Waals surface area contributed by atoms with Crippen LogP contribution in [0.3, 0.4) is 0 Å². The number of rotatable bonds is 21. The molecule has 0 heterocycles. The Kier molecular flexibility index (Phi) is 14.7. The van der Waals surface area contributed by atoms with E-state index in [9.17, 15) is 13.7 Å². The fourth-order valence-corrected chi connectivity index (χ4v) is 16.0. The quantitative estimate of drug-likeness (QED) is 0.0472. The molecular formula is C57H51N3O7P4. The fourth-order valence-electron chi connectivity index (χ4n) is 8.21. The summed E-state index contributed by atoms with van der Waals surface area (Å²) in [5.74, 6) is 0.858. The third-order valence-corrected chi connectivity index (χ3v) is 21.0. The number of hydrogen-bond acceptors (Lipinski definition) is 7. The average molecular weight is 1010 g/mol. The van der Waals surface area contributed by atoms with Crippen molar-refractivity contribution < 1.29 is 31.8 Å². The minimum atomic E-state index is -3.76. The zero-order chi connectivity index (χ0) is 49.5. The summed E-state index contributed by atoms with van der Waals surface area (Å²) in [4.78, 5) is 0. The normalized spacial score (nSPS) is 14.8. The van der Waals surface area contributed by atoms with E-state index in [0.29, 0.717) is 31.8 Å². The molecule has 0 spiro atoms. The van der Waals surface area contributed by atoms with Gasteiger partial charge in [-0.05, 0) is 142 Å². The molecule has 0 amide bonds. The summed E-state index contributed by atoms with van der Waals surface area (Å²) in [6, 6.07) is 60.1. The van der Waals surface area contributed by atoms with Crippen molar-refractivity contribution in [1.29, 1.82) is 0 Å². The molecule has 0 aliphatic heterocycles. The van der Waals surface area contributed by atoms with Crippen molar-refractivity contribution in [1.82, 2.24) is 15.3 Å². The summed E-state index contributed by atoms with van der Waals surface area (Å²) in [6.45, 7) is 12.1. The second-order valence-corrected chi connectivity index (χ2v) is 25.7. The van der Waals surface area contributed by atoms with Gasteiger partial charge in [-0.15, -0.1) is 19.7 Å². The van der Waals surface area contributed by atoms with Crippen LogP contribution < -0.4 is 60.7 Å². The van der Waals surface area contributed by atoms with Crippen LogP contribution in [0.1, 0.15) is 0 Å². The van der Waals surface area contributed by atoms with Crippen molar-refractivity contribution in [3.63, 3.8) is 0 Å². The maximum Gasteiger partial charge on any atom is 0.347 e. The van der Waals surface area contributed by atoms with Gasteiger partial charge in [-0.25, -0.2) is 15.3 Å². The molecule has 0 saturated heterocycles. The predicted molar refractivity (Wildman–Crippen MR) is 296 cm³/mol. The van der Waals surface area contributed by atoms with Gasteiger partial charge in [0.1, 0.15) is 17.2 Å². The van der Waals surface area contributed by atoms with Gasteiger partial charge < -0.3 is 18.1 Å². The molecule has 71 heavy (non-hydrogen) atoms. The molecule has 3 unspecified atom stereocenters. The van der Waals surface area contributed by atoms with E-state index < -0.39 is 29.7 Å². The minimum absolute atomic E-state index is 0.223. The van der Waals surface area contributed by atoms with Crippen molar-refractivity contribution in [3.8, 4) is 17.2 Å². The van der Waals surface area contributed by atoms with Crippen LogP contribution in [0.4, 0.5) is 0 Å². The Morgan fingerprint density at radius 1 is 0.324 bits per heavy atom. The monoisotopic (exact) mass is 1010 g/mol. The van der Waals surface area contributed by atoms with E-state index in [0.717, 1.165) is 32.3 Å². The van der Waals surface area contributed by atoms with Gasteiger partial charge in [0.25, 0.3) is 0 Å². The van der Waals surface area contributed by atoms with Crippen molar-refractivity contribution in [3.05, 3.63) is 238 Å². The smallest absolute Gasteiger partial charge is 0.347 e. The largest absolute Gasteiger partial charge is 0.430 e. The van der Waals surface area contributed by atoms with Gasteiger partial charge in [0.15, 0.2) is 7.14 Å². The predicted octanol–water partition coefficient (Wildman–Crippen LogP) is 11.8. The van der Waals surface area contributed by atoms with Crippen LogP contribution in [-0.2, 0) is 18.3 Å². The van der Waals surface area contributed by atoms with Crippen LogP contribution in [0.5, 0.6) is 17.2 Å². The first-order valence-corrected chi connectivity index (χ1v) is 29.4. The number of hydrogen-bond donors (Lipinski definition) is 3. The van der Waals surface area contributed by atoms with E-state index in [2.05, 4.69) is 35.0 Å². The highest BCUT2D eigenvalue weighted by molar-refractivity contribution is 7.85. The summed E-state index contributed by atoms with van der Waals surface area (Å²) in [6.07, 6.45) is 4.84. The lowest BCUT2D eigenvalue weighted by Gasteiger charge is -2.24. The summed E-state index contributed by atoms with van der Waals surface area (Å²) in [5.41, 5.74) is 0. The van der Waals surface area contributed by atoms with E-state index >= 15 is 4.57 Å². The molecule has 10 nitrogen and oxygen atoms in total. The molecule has 0 saturated carbocycles. The highest BCUT2D eigenvalue weighted by Gasteiger charge is 2.34. The summed E-state index contributed by atoms with van der Waals surface area (Å²) in [7, 11) is -14.9. The Bertz CT molecular complexity index is 3240. The molecule has 3 N–H and O–H groups in total. The topological polar surface area (TPSA) is 132 Å². The van der Waals surface area contributed by atoms with Gasteiger partial charge in [-0.2, -0.15) is 0 Å². The van der Waals surface area contributed by atoms with Gasteiger partial charge in [0.2, 0.25) is 0 Å². The first-order chi connectivity index (χ1) is 34.4. The average Bonchev–Trinajstić information content (AvgIpc) is 3.41. The molecule has 14 heteroatoms. The van der Waals surface area contributed by atoms with E-state index in [4.69, 9.17) is 13.6 Å². The molecule has 356 valence electrons. The summed E-state index contributed by atoms with van der Waals surface area (Å²) in [5, 5.41) is 17.6. The highest BCUT2D eigenvalue weighted by Crippen LogP contribution is 2.48. The number of benzene rings is 9. The zero-order valence-electron chi connectivity index (χ0n) is 38.7. The van der Waals surface area contributed by atoms with Gasteiger partial charge >= 0.3 is 22.6 Å². The Labute approximate surface area is 414 Å². The van der Waals surface area contributed by atoms with E-state index in [1.54, 1.807) is 109 Å². The van der Waals surface area contributed by atoms with Crippen molar-refractivity contribution in [2.75, 3.05) is 19.6 Å². The molecule has 0 radical (unpaired) electrons. The highest BCUT2D eigenvalue weighted by atomic mass is 31.2. The van der Waals surface area contributed by atoms with Crippen LogP contribution in [-0.4, -0.2) is 19.6 Å². The number of fused-ring (bicyclic) bond motifs is 3. The second-order valence-electron chi connectivity index (χ2n) is 16.6. The van der Waals surface area contributed by atoms with Crippen LogP contribution >= 0.6 is 29.7 Å². The zero-order valence-corrected chi connectivity index (χ0v) is 42.3. The maximum absolute atomic E-state index is 16.1. The van der Waals surface area contributed by atoms with E-state index in [-0.39, 0.29) is 36.9 Å². The number of nitrogens with one attached hydrogen (secondary N) is 3. The summed E-state index contributed by atoms with van der Waals surface area (Å²) >= 11 is 0. The summed E-state index contributed by atoms with van der Waals surface area (Å²) < 4.78 is 79.1. The molecule has 0 fully saturated rings. The van der Waals surface area contributed by atoms with Gasteiger partial charge in [0, 0.05) is 35.5 Å². The Morgan fingerprint density at radius 3 is 0.817 bits per heavy atom. The molecule has 9 rings (SSSR count).